The molecule has 1 aliphatic rings. The van der Waals surface area contributed by atoms with Gasteiger partial charge in [0.05, 0.1) is 12.2 Å². The summed E-state index contributed by atoms with van der Waals surface area (Å²) < 4.78 is 49.7. The third-order valence-electron chi connectivity index (χ3n) is 5.18. The van der Waals surface area contributed by atoms with Crippen molar-refractivity contribution in [3.8, 4) is 17.5 Å². The molecule has 12 heteroatoms. The van der Waals surface area contributed by atoms with E-state index in [0.29, 0.717) is 34.1 Å². The van der Waals surface area contributed by atoms with E-state index in [2.05, 4.69) is 32.2 Å². The van der Waals surface area contributed by atoms with Crippen molar-refractivity contribution in [2.24, 2.45) is 0 Å². The minimum atomic E-state index is -4.84. The Hall–Kier alpha value is -3.18. The first-order valence-electron chi connectivity index (χ1n) is 10.3. The number of hydrogen-bond acceptors (Lipinski definition) is 4. The molecule has 0 spiro atoms. The van der Waals surface area contributed by atoms with E-state index >= 15 is 0 Å². The molecule has 0 fully saturated rings. The third-order valence-corrected chi connectivity index (χ3v) is 5.78. The molecule has 0 saturated heterocycles. The minimum absolute atomic E-state index is 0.0675. The summed E-state index contributed by atoms with van der Waals surface area (Å²) in [5.74, 6) is -0.0243. The molecular weight excluding hydrogens is 553 g/mol. The largest absolute Gasteiger partial charge is 0.573 e. The van der Waals surface area contributed by atoms with Gasteiger partial charge in [-0.25, -0.2) is 4.79 Å². The molecular formula is C23H19BrClF3N4O3. The lowest BCUT2D eigenvalue weighted by atomic mass is 10.2. The summed E-state index contributed by atoms with van der Waals surface area (Å²) in [5.41, 5.74) is 1.80. The van der Waals surface area contributed by atoms with Gasteiger partial charge in [0, 0.05) is 30.0 Å². The molecule has 3 aromatic rings. The highest BCUT2D eigenvalue weighted by Gasteiger charge is 2.37. The standard InChI is InChI=1S/C23H19BrClF3N4O3/c1-14-19-20(31(11-10-24)22(33)30(14)2)29-21(32(19)13-15-6-8-16(25)9-7-15)34-17-4-3-5-18(12-17)35-23(26,27)28/h3-9,12H,1,10-11,13H2,2H3. The molecule has 7 nitrogen and oxygen atoms in total. The van der Waals surface area contributed by atoms with Gasteiger partial charge in [0.25, 0.3) is 0 Å². The summed E-state index contributed by atoms with van der Waals surface area (Å²) in [7, 11) is 1.60. The zero-order valence-corrected chi connectivity index (χ0v) is 20.7. The molecule has 0 atom stereocenters. The van der Waals surface area contributed by atoms with Crippen LogP contribution in [0.1, 0.15) is 11.3 Å². The van der Waals surface area contributed by atoms with Crippen molar-refractivity contribution < 1.29 is 27.4 Å². The van der Waals surface area contributed by atoms with Crippen LogP contribution in [0, 0.1) is 0 Å². The Morgan fingerprint density at radius 1 is 1.14 bits per heavy atom. The number of benzene rings is 2. The SMILES string of the molecule is C=C1c2c(nc(Oc3cccc(OC(F)(F)F)c3)n2Cc2ccc(Cl)cc2)N(CCBr)C(=O)N1C. The fraction of sp³-hybridized carbons (Fsp3) is 0.217. The zero-order valence-electron chi connectivity index (χ0n) is 18.4. The summed E-state index contributed by atoms with van der Waals surface area (Å²) in [5, 5.41) is 1.06. The second-order valence-electron chi connectivity index (χ2n) is 7.53. The van der Waals surface area contributed by atoms with Gasteiger partial charge in [-0.05, 0) is 29.8 Å². The molecule has 4 rings (SSSR count). The molecule has 2 aromatic carbocycles. The number of carbonyl (C=O) groups excluding carboxylic acids is 1. The summed E-state index contributed by atoms with van der Waals surface area (Å²) >= 11 is 9.37. The van der Waals surface area contributed by atoms with Crippen LogP contribution >= 0.6 is 27.5 Å². The Bertz CT molecular complexity index is 1260. The molecule has 35 heavy (non-hydrogen) atoms. The van der Waals surface area contributed by atoms with Crippen LogP contribution < -0.4 is 14.4 Å². The number of nitrogens with zero attached hydrogens (tertiary/aromatic N) is 4. The van der Waals surface area contributed by atoms with E-state index in [1.54, 1.807) is 23.7 Å². The van der Waals surface area contributed by atoms with Gasteiger partial charge in [0.2, 0.25) is 0 Å². The van der Waals surface area contributed by atoms with Crippen LogP contribution in [0.3, 0.4) is 0 Å². The summed E-state index contributed by atoms with van der Waals surface area (Å²) in [4.78, 5) is 20.3. The third kappa shape index (κ3) is 5.40. The normalized spacial score (nSPS) is 13.8. The van der Waals surface area contributed by atoms with E-state index in [1.807, 2.05) is 12.1 Å². The number of halogens is 5. The molecule has 0 aliphatic carbocycles. The molecule has 1 aliphatic heterocycles. The number of anilines is 1. The molecule has 2 heterocycles. The minimum Gasteiger partial charge on any atom is -0.425 e. The molecule has 1 aromatic heterocycles. The molecule has 0 radical (unpaired) electrons. The van der Waals surface area contributed by atoms with Crippen molar-refractivity contribution in [2.75, 3.05) is 23.8 Å². The molecule has 0 unspecified atom stereocenters. The van der Waals surface area contributed by atoms with E-state index in [1.165, 1.54) is 28.0 Å². The van der Waals surface area contributed by atoms with Gasteiger partial charge in [0.15, 0.2) is 5.82 Å². The number of aromatic nitrogens is 2. The summed E-state index contributed by atoms with van der Waals surface area (Å²) in [6.07, 6.45) is -4.84. The second kappa shape index (κ2) is 9.82. The summed E-state index contributed by atoms with van der Waals surface area (Å²) in [6.45, 7) is 4.66. The van der Waals surface area contributed by atoms with Crippen molar-refractivity contribution in [1.29, 1.82) is 0 Å². The van der Waals surface area contributed by atoms with Gasteiger partial charge < -0.3 is 9.47 Å². The smallest absolute Gasteiger partial charge is 0.425 e. The number of hydrogen-bond donors (Lipinski definition) is 0. The highest BCUT2D eigenvalue weighted by molar-refractivity contribution is 9.09. The lowest BCUT2D eigenvalue weighted by molar-refractivity contribution is -0.274. The molecule has 0 N–H and O–H groups in total. The van der Waals surface area contributed by atoms with Crippen LogP contribution in [0.15, 0.2) is 55.1 Å². The van der Waals surface area contributed by atoms with Crippen LogP contribution in [0.25, 0.3) is 5.70 Å². The second-order valence-corrected chi connectivity index (χ2v) is 8.76. The Morgan fingerprint density at radius 2 is 1.83 bits per heavy atom. The van der Waals surface area contributed by atoms with Crippen molar-refractivity contribution in [3.05, 3.63) is 71.4 Å². The van der Waals surface area contributed by atoms with Crippen LogP contribution in [0.2, 0.25) is 5.02 Å². The van der Waals surface area contributed by atoms with Gasteiger partial charge in [-0.1, -0.05) is 52.3 Å². The molecule has 184 valence electrons. The predicted molar refractivity (Wildman–Crippen MR) is 129 cm³/mol. The fourth-order valence-corrected chi connectivity index (χ4v) is 4.04. The Morgan fingerprint density at radius 3 is 2.49 bits per heavy atom. The first-order chi connectivity index (χ1) is 16.6. The van der Waals surface area contributed by atoms with Crippen molar-refractivity contribution in [1.82, 2.24) is 14.5 Å². The number of urea groups is 1. The van der Waals surface area contributed by atoms with E-state index in [4.69, 9.17) is 16.3 Å². The molecule has 0 bridgehead atoms. The number of imidazole rings is 1. The maximum Gasteiger partial charge on any atom is 0.573 e. The molecule has 2 amide bonds. The monoisotopic (exact) mass is 570 g/mol. The Kier molecular flexibility index (Phi) is 7.00. The topological polar surface area (TPSA) is 59.8 Å². The van der Waals surface area contributed by atoms with E-state index < -0.39 is 12.1 Å². The predicted octanol–water partition coefficient (Wildman–Crippen LogP) is 6.51. The summed E-state index contributed by atoms with van der Waals surface area (Å²) in [6, 6.07) is 12.0. The van der Waals surface area contributed by atoms with Gasteiger partial charge >= 0.3 is 18.4 Å². The van der Waals surface area contributed by atoms with Gasteiger partial charge in [-0.15, -0.1) is 13.2 Å². The Balaban J connectivity index is 1.80. The average molecular weight is 572 g/mol. The Labute approximate surface area is 212 Å². The molecule has 0 saturated carbocycles. The highest BCUT2D eigenvalue weighted by atomic mass is 79.9. The van der Waals surface area contributed by atoms with E-state index in [0.717, 1.165) is 11.6 Å². The van der Waals surface area contributed by atoms with Gasteiger partial charge in [-0.2, -0.15) is 4.98 Å². The van der Waals surface area contributed by atoms with Crippen LogP contribution in [-0.2, 0) is 6.54 Å². The number of ether oxygens (including phenoxy) is 2. The first-order valence-corrected chi connectivity index (χ1v) is 11.8. The number of rotatable bonds is 7. The van der Waals surface area contributed by atoms with Crippen molar-refractivity contribution in [3.63, 3.8) is 0 Å². The average Bonchev–Trinajstić information content (AvgIpc) is 3.13. The quantitative estimate of drug-likeness (QED) is 0.303. The maximum atomic E-state index is 12.9. The first kappa shape index (κ1) is 24.9. The van der Waals surface area contributed by atoms with Gasteiger partial charge in [0.1, 0.15) is 17.2 Å². The van der Waals surface area contributed by atoms with Crippen molar-refractivity contribution in [2.45, 2.75) is 12.9 Å². The van der Waals surface area contributed by atoms with E-state index in [9.17, 15) is 18.0 Å². The maximum absolute atomic E-state index is 12.9. The lowest BCUT2D eigenvalue weighted by Gasteiger charge is -2.33. The number of carbonyl (C=O) groups is 1. The van der Waals surface area contributed by atoms with E-state index in [-0.39, 0.29) is 24.3 Å². The van der Waals surface area contributed by atoms with Crippen LogP contribution in [0.5, 0.6) is 17.5 Å². The number of alkyl halides is 4. The van der Waals surface area contributed by atoms with Crippen LogP contribution in [-0.4, -0.2) is 45.8 Å². The van der Waals surface area contributed by atoms with Crippen LogP contribution in [0.4, 0.5) is 23.8 Å². The van der Waals surface area contributed by atoms with Crippen molar-refractivity contribution >= 4 is 45.1 Å². The number of amides is 2. The fourth-order valence-electron chi connectivity index (χ4n) is 3.56. The van der Waals surface area contributed by atoms with Gasteiger partial charge in [-0.3, -0.25) is 14.4 Å². The zero-order chi connectivity index (χ0) is 25.3. The highest BCUT2D eigenvalue weighted by Crippen LogP contribution is 2.39. The number of fused-ring (bicyclic) bond motifs is 1. The lowest BCUT2D eigenvalue weighted by Crippen LogP contribution is -2.45.